The molecule has 0 aromatic heterocycles. The van der Waals surface area contributed by atoms with Gasteiger partial charge >= 0.3 is 0 Å². The quantitative estimate of drug-likeness (QED) is 0.791. The zero-order chi connectivity index (χ0) is 20.2. The zero-order valence-electron chi connectivity index (χ0n) is 16.4. The van der Waals surface area contributed by atoms with Gasteiger partial charge in [0.1, 0.15) is 0 Å². The molecule has 4 rings (SSSR count). The van der Waals surface area contributed by atoms with Gasteiger partial charge in [0.05, 0.1) is 6.10 Å². The molecule has 2 aliphatic heterocycles. The summed E-state index contributed by atoms with van der Waals surface area (Å²) in [5.41, 5.74) is 4.29. The number of carbonyl (C=O) groups is 1. The first-order chi connectivity index (χ1) is 14.1. The van der Waals surface area contributed by atoms with Crippen molar-refractivity contribution in [2.45, 2.75) is 18.9 Å². The van der Waals surface area contributed by atoms with Crippen molar-refractivity contribution < 1.29 is 9.90 Å². The number of hydrogen-bond donors (Lipinski definition) is 2. The Morgan fingerprint density at radius 3 is 2.59 bits per heavy atom. The third-order valence-electron chi connectivity index (χ3n) is 5.54. The summed E-state index contributed by atoms with van der Waals surface area (Å²) in [5, 5.41) is 14.1. The van der Waals surface area contributed by atoms with E-state index in [4.69, 9.17) is 11.6 Å². The van der Waals surface area contributed by atoms with Crippen molar-refractivity contribution in [2.75, 3.05) is 42.9 Å². The summed E-state index contributed by atoms with van der Waals surface area (Å²) in [5.74, 6) is 0.0763. The van der Waals surface area contributed by atoms with Crippen LogP contribution in [-0.4, -0.2) is 54.7 Å². The minimum Gasteiger partial charge on any atom is -0.388 e. The molecule has 1 saturated heterocycles. The van der Waals surface area contributed by atoms with Gasteiger partial charge in [0, 0.05) is 55.5 Å². The minimum absolute atomic E-state index is 0.0763. The fourth-order valence-electron chi connectivity index (χ4n) is 3.90. The number of nitrogens with one attached hydrogen (secondary N) is 1. The van der Waals surface area contributed by atoms with Crippen molar-refractivity contribution >= 4 is 35.0 Å². The van der Waals surface area contributed by atoms with Crippen LogP contribution < -0.4 is 10.2 Å². The van der Waals surface area contributed by atoms with Crippen LogP contribution in [0.4, 0.5) is 11.4 Å². The van der Waals surface area contributed by atoms with Gasteiger partial charge in [-0.3, -0.25) is 9.69 Å². The fourth-order valence-corrected chi connectivity index (χ4v) is 4.02. The minimum atomic E-state index is -0.507. The summed E-state index contributed by atoms with van der Waals surface area (Å²) in [4.78, 5) is 16.1. The van der Waals surface area contributed by atoms with Gasteiger partial charge in [0.15, 0.2) is 0 Å². The van der Waals surface area contributed by atoms with E-state index in [-0.39, 0.29) is 5.91 Å². The number of aryl methyl sites for hydroxylation is 1. The van der Waals surface area contributed by atoms with Crippen molar-refractivity contribution in [2.24, 2.45) is 0 Å². The molecule has 152 valence electrons. The summed E-state index contributed by atoms with van der Waals surface area (Å²) in [6.45, 7) is 4.35. The lowest BCUT2D eigenvalue weighted by molar-refractivity contribution is -0.116. The summed E-state index contributed by atoms with van der Waals surface area (Å²) in [7, 11) is 0. The number of halogens is 1. The van der Waals surface area contributed by atoms with Crippen LogP contribution in [0.1, 0.15) is 17.5 Å². The first-order valence-corrected chi connectivity index (χ1v) is 10.5. The van der Waals surface area contributed by atoms with E-state index in [0.717, 1.165) is 54.4 Å². The molecule has 0 bridgehead atoms. The lowest BCUT2D eigenvalue weighted by Gasteiger charge is -2.36. The maximum atomic E-state index is 11.5. The van der Waals surface area contributed by atoms with Crippen LogP contribution in [0.3, 0.4) is 0 Å². The van der Waals surface area contributed by atoms with Gasteiger partial charge in [-0.2, -0.15) is 0 Å². The average molecular weight is 412 g/mol. The van der Waals surface area contributed by atoms with E-state index in [0.29, 0.717) is 13.0 Å². The SMILES string of the molecule is O=C1CCc2cc(/C=C/[C@H](O)CN3CCN(c4ccc(Cl)cc4)CC3)ccc2N1. The van der Waals surface area contributed by atoms with Gasteiger partial charge in [0.25, 0.3) is 0 Å². The van der Waals surface area contributed by atoms with Crippen molar-refractivity contribution in [3.63, 3.8) is 0 Å². The summed E-state index contributed by atoms with van der Waals surface area (Å²) < 4.78 is 0. The third-order valence-corrected chi connectivity index (χ3v) is 5.80. The molecule has 0 unspecified atom stereocenters. The molecule has 2 aromatic carbocycles. The number of aliphatic hydroxyl groups is 1. The van der Waals surface area contributed by atoms with Crippen molar-refractivity contribution in [3.8, 4) is 0 Å². The second-order valence-electron chi connectivity index (χ2n) is 7.66. The summed E-state index contributed by atoms with van der Waals surface area (Å²) in [6, 6.07) is 14.0. The molecule has 1 amide bonds. The highest BCUT2D eigenvalue weighted by Gasteiger charge is 2.19. The average Bonchev–Trinajstić information content (AvgIpc) is 2.73. The topological polar surface area (TPSA) is 55.8 Å². The molecular formula is C23H26ClN3O2. The number of amides is 1. The van der Waals surface area contributed by atoms with Crippen LogP contribution in [0.2, 0.25) is 5.02 Å². The molecule has 0 radical (unpaired) electrons. The van der Waals surface area contributed by atoms with E-state index in [1.165, 1.54) is 5.69 Å². The molecule has 2 heterocycles. The van der Waals surface area contributed by atoms with E-state index >= 15 is 0 Å². The first kappa shape index (κ1) is 20.0. The summed E-state index contributed by atoms with van der Waals surface area (Å²) >= 11 is 5.97. The lowest BCUT2D eigenvalue weighted by Crippen LogP contribution is -2.48. The number of piperazine rings is 1. The first-order valence-electron chi connectivity index (χ1n) is 10.1. The molecule has 0 spiro atoms. The molecule has 0 aliphatic carbocycles. The van der Waals surface area contributed by atoms with Gasteiger partial charge in [-0.15, -0.1) is 0 Å². The Morgan fingerprint density at radius 1 is 1.07 bits per heavy atom. The normalized spacial score (nSPS) is 18.6. The maximum absolute atomic E-state index is 11.5. The van der Waals surface area contributed by atoms with Gasteiger partial charge in [-0.25, -0.2) is 0 Å². The molecular weight excluding hydrogens is 386 g/mol. The highest BCUT2D eigenvalue weighted by atomic mass is 35.5. The van der Waals surface area contributed by atoms with E-state index < -0.39 is 6.10 Å². The van der Waals surface area contributed by atoms with E-state index in [1.807, 2.05) is 36.4 Å². The molecule has 2 N–H and O–H groups in total. The molecule has 2 aromatic rings. The smallest absolute Gasteiger partial charge is 0.224 e. The number of fused-ring (bicyclic) bond motifs is 1. The predicted molar refractivity (Wildman–Crippen MR) is 119 cm³/mol. The second kappa shape index (κ2) is 8.99. The van der Waals surface area contributed by atoms with Crippen LogP contribution in [0.5, 0.6) is 0 Å². The van der Waals surface area contributed by atoms with Crippen LogP contribution in [0.25, 0.3) is 6.08 Å². The Labute approximate surface area is 176 Å². The molecule has 0 saturated carbocycles. The molecule has 5 nitrogen and oxygen atoms in total. The number of benzene rings is 2. The van der Waals surface area contributed by atoms with Crippen molar-refractivity contribution in [3.05, 3.63) is 64.7 Å². The van der Waals surface area contributed by atoms with E-state index in [9.17, 15) is 9.90 Å². The van der Waals surface area contributed by atoms with Crippen LogP contribution >= 0.6 is 11.6 Å². The van der Waals surface area contributed by atoms with E-state index in [2.05, 4.69) is 33.3 Å². The molecule has 2 aliphatic rings. The Balaban J connectivity index is 1.27. The van der Waals surface area contributed by atoms with Gasteiger partial charge in [0.2, 0.25) is 5.91 Å². The molecule has 1 atom stereocenters. The molecule has 6 heteroatoms. The largest absolute Gasteiger partial charge is 0.388 e. The number of β-amino-alcohol motifs (C(OH)–C–C–N with tert-alkyl or cyclic N) is 1. The number of nitrogens with zero attached hydrogens (tertiary/aromatic N) is 2. The van der Waals surface area contributed by atoms with Crippen molar-refractivity contribution in [1.82, 2.24) is 4.90 Å². The summed E-state index contributed by atoms with van der Waals surface area (Å²) in [6.07, 6.45) is 4.61. The highest BCUT2D eigenvalue weighted by molar-refractivity contribution is 6.30. The molecule has 1 fully saturated rings. The van der Waals surface area contributed by atoms with Gasteiger partial charge in [-0.1, -0.05) is 29.8 Å². The number of aliphatic hydroxyl groups excluding tert-OH is 1. The van der Waals surface area contributed by atoms with Gasteiger partial charge in [-0.05, 0) is 53.9 Å². The number of carbonyl (C=O) groups excluding carboxylic acids is 1. The van der Waals surface area contributed by atoms with Crippen LogP contribution in [0, 0.1) is 0 Å². The van der Waals surface area contributed by atoms with Gasteiger partial charge < -0.3 is 15.3 Å². The molecule has 29 heavy (non-hydrogen) atoms. The number of anilines is 2. The van der Waals surface area contributed by atoms with E-state index in [1.54, 1.807) is 0 Å². The Morgan fingerprint density at radius 2 is 1.83 bits per heavy atom. The second-order valence-corrected chi connectivity index (χ2v) is 8.09. The Hall–Kier alpha value is -2.34. The Kier molecular flexibility index (Phi) is 6.19. The van der Waals surface area contributed by atoms with Crippen molar-refractivity contribution in [1.29, 1.82) is 0 Å². The monoisotopic (exact) mass is 411 g/mol. The predicted octanol–water partition coefficient (Wildman–Crippen LogP) is 3.42. The lowest BCUT2D eigenvalue weighted by atomic mass is 10.00. The highest BCUT2D eigenvalue weighted by Crippen LogP contribution is 2.24. The number of hydrogen-bond acceptors (Lipinski definition) is 4. The standard InChI is InChI=1S/C23H26ClN3O2/c24-19-4-6-20(7-5-19)27-13-11-26(12-14-27)16-21(28)8-1-17-2-9-22-18(15-17)3-10-23(29)25-22/h1-2,4-9,15,21,28H,3,10-14,16H2,(H,25,29)/b8-1+/t21-/m0/s1. The maximum Gasteiger partial charge on any atom is 0.224 e. The number of rotatable bonds is 5. The van der Waals surface area contributed by atoms with Crippen LogP contribution in [0.15, 0.2) is 48.5 Å². The Bertz CT molecular complexity index is 889. The zero-order valence-corrected chi connectivity index (χ0v) is 17.1. The third kappa shape index (κ3) is 5.18. The fraction of sp³-hybridized carbons (Fsp3) is 0.348. The van der Waals surface area contributed by atoms with Crippen LogP contribution in [-0.2, 0) is 11.2 Å².